The minimum atomic E-state index is 0.651. The molecule has 0 unspecified atom stereocenters. The van der Waals surface area contributed by atoms with Gasteiger partial charge in [-0.15, -0.1) is 0 Å². The zero-order chi connectivity index (χ0) is 13.7. The zero-order valence-corrected chi connectivity index (χ0v) is 14.1. The predicted octanol–water partition coefficient (Wildman–Crippen LogP) is 5.35. The number of rotatable bonds is 6. The largest absolute Gasteiger partial charge is 0.371 e. The van der Waals surface area contributed by atoms with Crippen molar-refractivity contribution in [2.45, 2.75) is 33.0 Å². The van der Waals surface area contributed by atoms with E-state index in [0.29, 0.717) is 11.8 Å². The summed E-state index contributed by atoms with van der Waals surface area (Å²) >= 11 is 9.74. The zero-order valence-electron chi connectivity index (χ0n) is 11.7. The predicted molar refractivity (Wildman–Crippen MR) is 86.0 cm³/mol. The van der Waals surface area contributed by atoms with Crippen molar-refractivity contribution in [3.63, 3.8) is 0 Å². The number of hydrogen-bond donors (Lipinski definition) is 0. The Morgan fingerprint density at radius 3 is 2.06 bits per heavy atom. The third kappa shape index (κ3) is 4.81. The molecule has 18 heavy (non-hydrogen) atoms. The molecule has 3 heteroatoms. The van der Waals surface area contributed by atoms with E-state index in [9.17, 15) is 0 Å². The highest BCUT2D eigenvalue weighted by molar-refractivity contribution is 9.08. The molecule has 0 spiro atoms. The first-order chi connectivity index (χ1) is 8.43. The summed E-state index contributed by atoms with van der Waals surface area (Å²) in [6, 6.07) is 6.37. The lowest BCUT2D eigenvalue weighted by Gasteiger charge is -2.29. The van der Waals surface area contributed by atoms with E-state index < -0.39 is 0 Å². The van der Waals surface area contributed by atoms with Crippen molar-refractivity contribution in [2.24, 2.45) is 11.8 Å². The molecule has 0 saturated heterocycles. The van der Waals surface area contributed by atoms with Crippen LogP contribution in [0.3, 0.4) is 0 Å². The molecule has 0 radical (unpaired) electrons. The van der Waals surface area contributed by atoms with Crippen molar-refractivity contribution < 1.29 is 0 Å². The van der Waals surface area contributed by atoms with Crippen molar-refractivity contribution in [1.29, 1.82) is 0 Å². The van der Waals surface area contributed by atoms with E-state index in [1.807, 2.05) is 0 Å². The van der Waals surface area contributed by atoms with Gasteiger partial charge in [-0.3, -0.25) is 0 Å². The minimum absolute atomic E-state index is 0.651. The molecule has 0 amide bonds. The molecule has 0 bridgehead atoms. The van der Waals surface area contributed by atoms with E-state index in [0.717, 1.165) is 29.0 Å². The van der Waals surface area contributed by atoms with Crippen LogP contribution in [0.25, 0.3) is 0 Å². The Morgan fingerprint density at radius 1 is 1.11 bits per heavy atom. The number of anilines is 1. The third-order valence-corrected chi connectivity index (χ3v) is 3.67. The van der Waals surface area contributed by atoms with Gasteiger partial charge in [0.05, 0.1) is 0 Å². The van der Waals surface area contributed by atoms with Gasteiger partial charge in [0.15, 0.2) is 0 Å². The number of hydrogen-bond acceptors (Lipinski definition) is 1. The monoisotopic (exact) mass is 331 g/mol. The Morgan fingerprint density at radius 2 is 1.67 bits per heavy atom. The van der Waals surface area contributed by atoms with Gasteiger partial charge in [0.25, 0.3) is 0 Å². The highest BCUT2D eigenvalue weighted by Gasteiger charge is 2.12. The average Bonchev–Trinajstić information content (AvgIpc) is 2.26. The van der Waals surface area contributed by atoms with Gasteiger partial charge in [0.1, 0.15) is 0 Å². The Bertz CT molecular complexity index is 367. The molecule has 0 heterocycles. The van der Waals surface area contributed by atoms with Crippen LogP contribution in [-0.2, 0) is 5.33 Å². The summed E-state index contributed by atoms with van der Waals surface area (Å²) in [5.74, 6) is 1.30. The maximum Gasteiger partial charge on any atom is 0.0467 e. The highest BCUT2D eigenvalue weighted by atomic mass is 79.9. The van der Waals surface area contributed by atoms with Crippen molar-refractivity contribution in [3.05, 3.63) is 28.8 Å². The number of benzene rings is 1. The van der Waals surface area contributed by atoms with Crippen LogP contribution in [0.15, 0.2) is 18.2 Å². The summed E-state index contributed by atoms with van der Waals surface area (Å²) in [5.41, 5.74) is 2.38. The lowest BCUT2D eigenvalue weighted by atomic mass is 10.1. The summed E-state index contributed by atoms with van der Waals surface area (Å²) in [5, 5.41) is 1.65. The molecule has 0 N–H and O–H groups in total. The lowest BCUT2D eigenvalue weighted by Crippen LogP contribution is -2.31. The summed E-state index contributed by atoms with van der Waals surface area (Å²) in [6.45, 7) is 11.2. The van der Waals surface area contributed by atoms with E-state index in [-0.39, 0.29) is 0 Å². The number of halogens is 2. The van der Waals surface area contributed by atoms with Crippen LogP contribution in [0.1, 0.15) is 33.3 Å². The third-order valence-electron chi connectivity index (χ3n) is 2.72. The lowest BCUT2D eigenvalue weighted by molar-refractivity contribution is 0.553. The summed E-state index contributed by atoms with van der Waals surface area (Å²) in [7, 11) is 0. The van der Waals surface area contributed by atoms with E-state index in [2.05, 4.69) is 66.7 Å². The van der Waals surface area contributed by atoms with Gasteiger partial charge in [-0.2, -0.15) is 0 Å². The SMILES string of the molecule is CC(C)CN(CC(C)C)c1ccc(CBr)c(Cl)c1. The molecular weight excluding hydrogens is 310 g/mol. The Labute approximate surface area is 125 Å². The fraction of sp³-hybridized carbons (Fsp3) is 0.600. The first-order valence-corrected chi connectivity index (χ1v) is 8.03. The summed E-state index contributed by atoms with van der Waals surface area (Å²) in [4.78, 5) is 2.43. The van der Waals surface area contributed by atoms with Crippen molar-refractivity contribution in [1.82, 2.24) is 0 Å². The normalized spacial score (nSPS) is 11.3. The van der Waals surface area contributed by atoms with E-state index in [1.54, 1.807) is 0 Å². The van der Waals surface area contributed by atoms with Crippen molar-refractivity contribution in [2.75, 3.05) is 18.0 Å². The van der Waals surface area contributed by atoms with Crippen LogP contribution < -0.4 is 4.90 Å². The van der Waals surface area contributed by atoms with E-state index in [4.69, 9.17) is 11.6 Å². The summed E-state index contributed by atoms with van der Waals surface area (Å²) in [6.07, 6.45) is 0. The molecule has 0 aliphatic heterocycles. The topological polar surface area (TPSA) is 3.24 Å². The number of alkyl halides is 1. The van der Waals surface area contributed by atoms with E-state index in [1.165, 1.54) is 5.69 Å². The molecular formula is C15H23BrClN. The molecule has 1 nitrogen and oxygen atoms in total. The molecule has 1 aromatic rings. The molecule has 0 aromatic heterocycles. The van der Waals surface area contributed by atoms with Gasteiger partial charge >= 0.3 is 0 Å². The Kier molecular flexibility index (Phi) is 6.51. The van der Waals surface area contributed by atoms with Gasteiger partial charge in [0.2, 0.25) is 0 Å². The van der Waals surface area contributed by atoms with Crippen LogP contribution in [0.4, 0.5) is 5.69 Å². The second kappa shape index (κ2) is 7.40. The van der Waals surface area contributed by atoms with Crippen LogP contribution in [0, 0.1) is 11.8 Å². The molecule has 1 rings (SSSR count). The van der Waals surface area contributed by atoms with Gasteiger partial charge in [0, 0.05) is 29.1 Å². The van der Waals surface area contributed by atoms with Crippen molar-refractivity contribution in [3.8, 4) is 0 Å². The smallest absolute Gasteiger partial charge is 0.0467 e. The van der Waals surface area contributed by atoms with Gasteiger partial charge in [-0.25, -0.2) is 0 Å². The molecule has 0 atom stereocenters. The Hall–Kier alpha value is -0.210. The fourth-order valence-corrected chi connectivity index (χ4v) is 2.90. The van der Waals surface area contributed by atoms with Crippen LogP contribution >= 0.6 is 27.5 Å². The maximum atomic E-state index is 6.29. The van der Waals surface area contributed by atoms with Gasteiger partial charge < -0.3 is 4.90 Å². The number of nitrogens with zero attached hydrogens (tertiary/aromatic N) is 1. The fourth-order valence-electron chi connectivity index (χ4n) is 2.01. The molecule has 0 fully saturated rings. The molecule has 0 aliphatic rings. The molecule has 102 valence electrons. The quantitative estimate of drug-likeness (QED) is 0.634. The van der Waals surface area contributed by atoms with Gasteiger partial charge in [-0.05, 0) is 29.5 Å². The van der Waals surface area contributed by atoms with E-state index >= 15 is 0 Å². The second-order valence-corrected chi connectivity index (χ2v) is 6.57. The average molecular weight is 333 g/mol. The maximum absolute atomic E-state index is 6.29. The highest BCUT2D eigenvalue weighted by Crippen LogP contribution is 2.26. The molecule has 1 aromatic carbocycles. The first-order valence-electron chi connectivity index (χ1n) is 6.53. The standard InChI is InChI=1S/C15H23BrClN/c1-11(2)9-18(10-12(3)4)14-6-5-13(8-16)15(17)7-14/h5-7,11-12H,8-10H2,1-4H3. The van der Waals surface area contributed by atoms with Crippen LogP contribution in [0.2, 0.25) is 5.02 Å². The molecule has 0 saturated carbocycles. The van der Waals surface area contributed by atoms with Crippen molar-refractivity contribution >= 4 is 33.2 Å². The second-order valence-electron chi connectivity index (χ2n) is 5.60. The summed E-state index contributed by atoms with van der Waals surface area (Å²) < 4.78 is 0. The van der Waals surface area contributed by atoms with Crippen LogP contribution in [0.5, 0.6) is 0 Å². The minimum Gasteiger partial charge on any atom is -0.371 e. The Balaban J connectivity index is 2.93. The molecule has 0 aliphatic carbocycles. The van der Waals surface area contributed by atoms with Crippen LogP contribution in [-0.4, -0.2) is 13.1 Å². The van der Waals surface area contributed by atoms with Gasteiger partial charge in [-0.1, -0.05) is 61.3 Å². The first kappa shape index (κ1) is 15.8.